The Morgan fingerprint density at radius 3 is 2.67 bits per heavy atom. The molecule has 18 heavy (non-hydrogen) atoms. The Kier molecular flexibility index (Phi) is 5.46. The van der Waals surface area contributed by atoms with E-state index in [4.69, 9.17) is 0 Å². The van der Waals surface area contributed by atoms with Gasteiger partial charge in [-0.3, -0.25) is 0 Å². The van der Waals surface area contributed by atoms with Crippen LogP contribution in [0.15, 0.2) is 0 Å². The van der Waals surface area contributed by atoms with Crippen molar-refractivity contribution in [1.82, 2.24) is 15.1 Å². The number of likely N-dealkylation sites (tertiary alicyclic amines) is 2. The lowest BCUT2D eigenvalue weighted by Crippen LogP contribution is -2.36. The molecule has 0 aromatic rings. The summed E-state index contributed by atoms with van der Waals surface area (Å²) in [7, 11) is 2.25. The summed E-state index contributed by atoms with van der Waals surface area (Å²) in [5.41, 5.74) is 0. The highest BCUT2D eigenvalue weighted by Crippen LogP contribution is 2.18. The molecule has 2 rings (SSSR count). The molecule has 0 aromatic carbocycles. The standard InChI is InChI=1S/C15H31N3/c1-13(2)18-10-6-14(12-18)11-16-15-5-4-8-17(3)9-7-15/h13-16H,4-12H2,1-3H3. The largest absolute Gasteiger partial charge is 0.314 e. The molecule has 2 fully saturated rings. The molecule has 0 aromatic heterocycles. The fourth-order valence-electron chi connectivity index (χ4n) is 3.28. The summed E-state index contributed by atoms with van der Waals surface area (Å²) in [4.78, 5) is 5.09. The van der Waals surface area contributed by atoms with Crippen molar-refractivity contribution in [2.45, 2.75) is 51.6 Å². The Hall–Kier alpha value is -0.120. The van der Waals surface area contributed by atoms with Gasteiger partial charge in [-0.15, -0.1) is 0 Å². The van der Waals surface area contributed by atoms with Crippen molar-refractivity contribution < 1.29 is 0 Å². The van der Waals surface area contributed by atoms with Crippen LogP contribution in [0, 0.1) is 5.92 Å². The first-order chi connectivity index (χ1) is 8.65. The Morgan fingerprint density at radius 2 is 1.94 bits per heavy atom. The van der Waals surface area contributed by atoms with Crippen LogP contribution in [0.25, 0.3) is 0 Å². The lowest BCUT2D eigenvalue weighted by atomic mass is 10.1. The van der Waals surface area contributed by atoms with Gasteiger partial charge < -0.3 is 15.1 Å². The van der Waals surface area contributed by atoms with Crippen LogP contribution in [0.2, 0.25) is 0 Å². The molecule has 0 spiro atoms. The summed E-state index contributed by atoms with van der Waals surface area (Å²) < 4.78 is 0. The third-order valence-corrected chi connectivity index (χ3v) is 4.69. The van der Waals surface area contributed by atoms with Gasteiger partial charge in [-0.05, 0) is 78.7 Å². The fraction of sp³-hybridized carbons (Fsp3) is 1.00. The van der Waals surface area contributed by atoms with E-state index in [1.807, 2.05) is 0 Å². The molecule has 2 unspecified atom stereocenters. The molecule has 106 valence electrons. The molecule has 3 heteroatoms. The number of hydrogen-bond acceptors (Lipinski definition) is 3. The zero-order chi connectivity index (χ0) is 13.0. The molecule has 2 atom stereocenters. The summed E-state index contributed by atoms with van der Waals surface area (Å²) in [5, 5.41) is 3.83. The molecule has 0 bridgehead atoms. The van der Waals surface area contributed by atoms with Crippen molar-refractivity contribution in [1.29, 1.82) is 0 Å². The molecular formula is C15H31N3. The number of nitrogens with one attached hydrogen (secondary N) is 1. The number of hydrogen-bond donors (Lipinski definition) is 1. The Balaban J connectivity index is 1.66. The number of nitrogens with zero attached hydrogens (tertiary/aromatic N) is 2. The third kappa shape index (κ3) is 4.22. The minimum absolute atomic E-state index is 0.724. The summed E-state index contributed by atoms with van der Waals surface area (Å²) >= 11 is 0. The van der Waals surface area contributed by atoms with Gasteiger partial charge in [0, 0.05) is 18.6 Å². The molecule has 3 nitrogen and oxygen atoms in total. The summed E-state index contributed by atoms with van der Waals surface area (Å²) in [6.45, 7) is 11.0. The van der Waals surface area contributed by atoms with Gasteiger partial charge in [-0.1, -0.05) is 0 Å². The van der Waals surface area contributed by atoms with E-state index in [-0.39, 0.29) is 0 Å². The van der Waals surface area contributed by atoms with E-state index in [0.717, 1.165) is 18.0 Å². The summed E-state index contributed by atoms with van der Waals surface area (Å²) in [6, 6.07) is 1.49. The van der Waals surface area contributed by atoms with Crippen LogP contribution in [0.3, 0.4) is 0 Å². The van der Waals surface area contributed by atoms with Gasteiger partial charge in [-0.2, -0.15) is 0 Å². The molecule has 2 heterocycles. The first-order valence-electron chi connectivity index (χ1n) is 7.81. The van der Waals surface area contributed by atoms with Crippen LogP contribution < -0.4 is 5.32 Å². The van der Waals surface area contributed by atoms with Gasteiger partial charge in [0.25, 0.3) is 0 Å². The predicted octanol–water partition coefficient (Wildman–Crippen LogP) is 1.79. The minimum Gasteiger partial charge on any atom is -0.314 e. The second-order valence-electron chi connectivity index (χ2n) is 6.58. The van der Waals surface area contributed by atoms with E-state index in [9.17, 15) is 0 Å². The lowest BCUT2D eigenvalue weighted by molar-refractivity contribution is 0.262. The van der Waals surface area contributed by atoms with E-state index in [1.165, 1.54) is 58.4 Å². The molecule has 2 aliphatic rings. The fourth-order valence-corrected chi connectivity index (χ4v) is 3.28. The van der Waals surface area contributed by atoms with Gasteiger partial charge in [-0.25, -0.2) is 0 Å². The van der Waals surface area contributed by atoms with Gasteiger partial charge in [0.05, 0.1) is 0 Å². The van der Waals surface area contributed by atoms with E-state index in [1.54, 1.807) is 0 Å². The van der Waals surface area contributed by atoms with Crippen LogP contribution in [-0.4, -0.2) is 61.7 Å². The third-order valence-electron chi connectivity index (χ3n) is 4.69. The van der Waals surface area contributed by atoms with Gasteiger partial charge in [0.15, 0.2) is 0 Å². The quantitative estimate of drug-likeness (QED) is 0.824. The molecule has 0 amide bonds. The average Bonchev–Trinajstić information content (AvgIpc) is 2.72. The molecule has 2 aliphatic heterocycles. The molecular weight excluding hydrogens is 222 g/mol. The Bertz CT molecular complexity index is 242. The normalized spacial score (nSPS) is 32.0. The van der Waals surface area contributed by atoms with Crippen molar-refractivity contribution in [2.75, 3.05) is 39.8 Å². The van der Waals surface area contributed by atoms with E-state index in [2.05, 4.69) is 36.0 Å². The first kappa shape index (κ1) is 14.3. The second kappa shape index (κ2) is 6.88. The minimum atomic E-state index is 0.724. The maximum Gasteiger partial charge on any atom is 0.00798 e. The van der Waals surface area contributed by atoms with E-state index < -0.39 is 0 Å². The first-order valence-corrected chi connectivity index (χ1v) is 7.81. The Morgan fingerprint density at radius 1 is 1.11 bits per heavy atom. The van der Waals surface area contributed by atoms with Crippen LogP contribution in [0.5, 0.6) is 0 Å². The molecule has 0 aliphatic carbocycles. The van der Waals surface area contributed by atoms with Crippen molar-refractivity contribution in [3.63, 3.8) is 0 Å². The maximum absolute atomic E-state index is 3.83. The summed E-state index contributed by atoms with van der Waals surface area (Å²) in [6.07, 6.45) is 5.44. The molecule has 2 saturated heterocycles. The van der Waals surface area contributed by atoms with Crippen molar-refractivity contribution in [3.05, 3.63) is 0 Å². The summed E-state index contributed by atoms with van der Waals surface area (Å²) in [5.74, 6) is 0.883. The smallest absolute Gasteiger partial charge is 0.00798 e. The molecule has 1 N–H and O–H groups in total. The SMILES string of the molecule is CC(C)N1CCC(CNC2CCCN(C)CC2)C1. The van der Waals surface area contributed by atoms with Gasteiger partial charge >= 0.3 is 0 Å². The van der Waals surface area contributed by atoms with E-state index in [0.29, 0.717) is 0 Å². The second-order valence-corrected chi connectivity index (χ2v) is 6.58. The van der Waals surface area contributed by atoms with Gasteiger partial charge in [0.1, 0.15) is 0 Å². The predicted molar refractivity (Wildman–Crippen MR) is 78.0 cm³/mol. The topological polar surface area (TPSA) is 18.5 Å². The highest BCUT2D eigenvalue weighted by atomic mass is 15.2. The van der Waals surface area contributed by atoms with Crippen LogP contribution in [0.4, 0.5) is 0 Å². The highest BCUT2D eigenvalue weighted by molar-refractivity contribution is 4.81. The average molecular weight is 253 g/mol. The van der Waals surface area contributed by atoms with Crippen LogP contribution >= 0.6 is 0 Å². The van der Waals surface area contributed by atoms with Crippen molar-refractivity contribution in [3.8, 4) is 0 Å². The van der Waals surface area contributed by atoms with Crippen molar-refractivity contribution in [2.24, 2.45) is 5.92 Å². The van der Waals surface area contributed by atoms with Crippen molar-refractivity contribution >= 4 is 0 Å². The molecule has 0 radical (unpaired) electrons. The number of rotatable bonds is 4. The Labute approximate surface area is 113 Å². The van der Waals surface area contributed by atoms with Gasteiger partial charge in [0.2, 0.25) is 0 Å². The van der Waals surface area contributed by atoms with E-state index >= 15 is 0 Å². The maximum atomic E-state index is 3.83. The monoisotopic (exact) mass is 253 g/mol. The highest BCUT2D eigenvalue weighted by Gasteiger charge is 2.24. The lowest BCUT2D eigenvalue weighted by Gasteiger charge is -2.22. The van der Waals surface area contributed by atoms with Crippen LogP contribution in [-0.2, 0) is 0 Å². The zero-order valence-electron chi connectivity index (χ0n) is 12.5. The molecule has 0 saturated carbocycles. The zero-order valence-corrected chi connectivity index (χ0v) is 12.5. The van der Waals surface area contributed by atoms with Crippen LogP contribution in [0.1, 0.15) is 39.5 Å².